The van der Waals surface area contributed by atoms with Crippen molar-refractivity contribution >= 4 is 141 Å². The molecular formula is C94H70N2O. The summed E-state index contributed by atoms with van der Waals surface area (Å²) in [4.78, 5) is 0. The summed E-state index contributed by atoms with van der Waals surface area (Å²) < 4.78 is 12.1. The summed E-state index contributed by atoms with van der Waals surface area (Å²) in [5, 5.41) is 22.5. The molecule has 0 saturated heterocycles. The quantitative estimate of drug-likeness (QED) is 0.141. The monoisotopic (exact) mass is 1240 g/mol. The van der Waals surface area contributed by atoms with Crippen LogP contribution in [0.2, 0.25) is 0 Å². The SMILES string of the molecule is CC(C)c1ccc2cc3c(cc2c1)c1cc(-c2ccc4oc5cc(-c6cc(C(C)C)cc7cc8c9cc(-c%10cc(-c%11ccccc%11)cc(-c%11ccccc%11)c%10)cc%10c%11cc%12cc(C(C)C)ccc%12cc%11n(c8cc67)c%109)ccc5c4c2)cc2c4cc5cc(C(C)C)ccc5cc4n3c12. The minimum atomic E-state index is 0.307. The van der Waals surface area contributed by atoms with Crippen molar-refractivity contribution in [1.82, 2.24) is 8.80 Å². The van der Waals surface area contributed by atoms with Gasteiger partial charge in [-0.25, -0.2) is 0 Å². The first-order chi connectivity index (χ1) is 47.3. The molecule has 15 aromatic carbocycles. The number of hydrogen-bond acceptors (Lipinski definition) is 1. The summed E-state index contributed by atoms with van der Waals surface area (Å²) in [6.07, 6.45) is 0. The first-order valence-corrected chi connectivity index (χ1v) is 34.8. The van der Waals surface area contributed by atoms with Crippen molar-refractivity contribution in [1.29, 1.82) is 0 Å². The van der Waals surface area contributed by atoms with Gasteiger partial charge < -0.3 is 13.2 Å². The van der Waals surface area contributed by atoms with E-state index in [1.54, 1.807) is 0 Å². The molecule has 97 heavy (non-hydrogen) atoms. The maximum atomic E-state index is 7.00. The summed E-state index contributed by atoms with van der Waals surface area (Å²) in [7, 11) is 0. The van der Waals surface area contributed by atoms with Crippen LogP contribution in [0.4, 0.5) is 0 Å². The lowest BCUT2D eigenvalue weighted by molar-refractivity contribution is 0.669. The highest BCUT2D eigenvalue weighted by Gasteiger charge is 2.25. The molecule has 0 aliphatic heterocycles. The Balaban J connectivity index is 0.770. The van der Waals surface area contributed by atoms with Crippen LogP contribution in [-0.4, -0.2) is 8.80 Å². The standard InChI is InChI=1S/C94H70N2O/c1-51(2)57-19-22-61-46-87-78(38-69(61)29-57)83-41-72(42-84-79-39-70-30-58(52(3)4)20-23-62(70)47-88(79)95(87)93(83)84)60-26-28-91-82(36-60)75-27-25-64(49-92(75)97-91)76-37-65(54(7)8)32-74-45-81-86-44-73(68-34-66(55-15-11-9-12-16-55)33-67(35-68)56-17-13-10-14-18-56)43-85-80-40-71-31-59(53(5)6)21-24-63(71)48-89(80)96(94(85)86)90(81)50-77(74)76/h9-54H,1-8H3. The van der Waals surface area contributed by atoms with E-state index in [1.165, 1.54) is 192 Å². The van der Waals surface area contributed by atoms with Gasteiger partial charge in [-0.15, -0.1) is 0 Å². The molecule has 0 amide bonds. The summed E-state index contributed by atoms with van der Waals surface area (Å²) in [6.45, 7) is 18.4. The third kappa shape index (κ3) is 8.47. The van der Waals surface area contributed by atoms with Gasteiger partial charge in [0.1, 0.15) is 11.2 Å². The van der Waals surface area contributed by atoms with Gasteiger partial charge in [0, 0.05) is 53.9 Å². The zero-order valence-corrected chi connectivity index (χ0v) is 55.9. The molecule has 0 aliphatic rings. The first-order valence-electron chi connectivity index (χ1n) is 34.8. The largest absolute Gasteiger partial charge is 0.456 e. The van der Waals surface area contributed by atoms with Crippen molar-refractivity contribution in [3.05, 3.63) is 277 Å². The molecule has 0 saturated carbocycles. The second-order valence-electron chi connectivity index (χ2n) is 29.3. The van der Waals surface area contributed by atoms with Crippen LogP contribution >= 0.6 is 0 Å². The molecule has 20 aromatic rings. The third-order valence-electron chi connectivity index (χ3n) is 22.1. The molecule has 0 atom stereocenters. The highest BCUT2D eigenvalue weighted by atomic mass is 16.3. The van der Waals surface area contributed by atoms with Crippen LogP contribution in [-0.2, 0) is 0 Å². The van der Waals surface area contributed by atoms with Gasteiger partial charge in [0.25, 0.3) is 0 Å². The lowest BCUT2D eigenvalue weighted by Gasteiger charge is -2.14. The van der Waals surface area contributed by atoms with Crippen molar-refractivity contribution in [2.75, 3.05) is 0 Å². The van der Waals surface area contributed by atoms with E-state index in [0.717, 1.165) is 27.5 Å². The van der Waals surface area contributed by atoms with E-state index < -0.39 is 0 Å². The van der Waals surface area contributed by atoms with E-state index in [9.17, 15) is 0 Å². The number of hydrogen-bond donors (Lipinski definition) is 0. The van der Waals surface area contributed by atoms with Gasteiger partial charge in [0.2, 0.25) is 0 Å². The zero-order valence-electron chi connectivity index (χ0n) is 55.9. The number of benzene rings is 15. The average Bonchev–Trinajstić information content (AvgIpc) is 1.54. The van der Waals surface area contributed by atoms with Gasteiger partial charge >= 0.3 is 0 Å². The van der Waals surface area contributed by atoms with Crippen molar-refractivity contribution < 1.29 is 4.42 Å². The van der Waals surface area contributed by atoms with Gasteiger partial charge in [-0.2, -0.15) is 0 Å². The third-order valence-corrected chi connectivity index (χ3v) is 22.1. The molecule has 3 nitrogen and oxygen atoms in total. The van der Waals surface area contributed by atoms with Crippen molar-refractivity contribution in [2.45, 2.75) is 79.1 Å². The van der Waals surface area contributed by atoms with Crippen LogP contribution in [0, 0.1) is 0 Å². The second kappa shape index (κ2) is 20.6. The Morgan fingerprint density at radius 2 is 0.608 bits per heavy atom. The Morgan fingerprint density at radius 3 is 1.07 bits per heavy atom. The predicted octanol–water partition coefficient (Wildman–Crippen LogP) is 27.3. The lowest BCUT2D eigenvalue weighted by atomic mass is 9.90. The van der Waals surface area contributed by atoms with Gasteiger partial charge in [-0.05, 0) is 260 Å². The summed E-state index contributed by atoms with van der Waals surface area (Å²) in [5.74, 6) is 1.63. The summed E-state index contributed by atoms with van der Waals surface area (Å²) in [6, 6.07) is 98.2. The molecule has 0 aliphatic carbocycles. The first kappa shape index (κ1) is 56.1. The molecule has 0 N–H and O–H groups in total. The van der Waals surface area contributed by atoms with E-state index in [-0.39, 0.29) is 0 Å². The van der Waals surface area contributed by atoms with Crippen LogP contribution < -0.4 is 0 Å². The van der Waals surface area contributed by atoms with Crippen molar-refractivity contribution in [3.8, 4) is 55.6 Å². The van der Waals surface area contributed by atoms with E-state index in [1.807, 2.05) is 0 Å². The molecule has 5 heterocycles. The van der Waals surface area contributed by atoms with E-state index in [0.29, 0.717) is 23.7 Å². The predicted molar refractivity (Wildman–Crippen MR) is 417 cm³/mol. The van der Waals surface area contributed by atoms with E-state index in [2.05, 4.69) is 319 Å². The topological polar surface area (TPSA) is 22.0 Å². The molecule has 20 rings (SSSR count). The van der Waals surface area contributed by atoms with Crippen molar-refractivity contribution in [3.63, 3.8) is 0 Å². The minimum absolute atomic E-state index is 0.307. The number of furan rings is 1. The van der Waals surface area contributed by atoms with Gasteiger partial charge in [-0.1, -0.05) is 195 Å². The lowest BCUT2D eigenvalue weighted by Crippen LogP contribution is -1.92. The van der Waals surface area contributed by atoms with Gasteiger partial charge in [0.15, 0.2) is 0 Å². The van der Waals surface area contributed by atoms with E-state index >= 15 is 0 Å². The number of nitrogens with zero attached hydrogens (tertiary/aromatic N) is 2. The highest BCUT2D eigenvalue weighted by Crippen LogP contribution is 2.49. The fourth-order valence-corrected chi connectivity index (χ4v) is 16.7. The molecule has 0 fully saturated rings. The smallest absolute Gasteiger partial charge is 0.136 e. The number of aromatic nitrogens is 2. The Morgan fingerprint density at radius 1 is 0.216 bits per heavy atom. The fraction of sp³-hybridized carbons (Fsp3) is 0.128. The van der Waals surface area contributed by atoms with Crippen LogP contribution in [0.3, 0.4) is 0 Å². The second-order valence-corrected chi connectivity index (χ2v) is 29.3. The van der Waals surface area contributed by atoms with Crippen LogP contribution in [0.25, 0.3) is 197 Å². The maximum Gasteiger partial charge on any atom is 0.136 e. The molecule has 5 aromatic heterocycles. The number of rotatable bonds is 9. The Labute approximate surface area is 562 Å². The summed E-state index contributed by atoms with van der Waals surface area (Å²) in [5.41, 5.74) is 26.6. The fourth-order valence-electron chi connectivity index (χ4n) is 16.7. The summed E-state index contributed by atoms with van der Waals surface area (Å²) >= 11 is 0. The molecule has 0 spiro atoms. The van der Waals surface area contributed by atoms with Crippen LogP contribution in [0.5, 0.6) is 0 Å². The van der Waals surface area contributed by atoms with Crippen LogP contribution in [0.15, 0.2) is 259 Å². The molecule has 0 radical (unpaired) electrons. The molecule has 0 bridgehead atoms. The van der Waals surface area contributed by atoms with Gasteiger partial charge in [0.05, 0.1) is 33.1 Å². The molecule has 462 valence electrons. The molecule has 3 heteroatoms. The van der Waals surface area contributed by atoms with Gasteiger partial charge in [-0.3, -0.25) is 0 Å². The van der Waals surface area contributed by atoms with Crippen molar-refractivity contribution in [2.24, 2.45) is 0 Å². The minimum Gasteiger partial charge on any atom is -0.456 e. The molecule has 0 unspecified atom stereocenters. The Hall–Kier alpha value is -11.3. The maximum absolute atomic E-state index is 7.00. The zero-order chi connectivity index (χ0) is 65.0. The molecular weight excluding hydrogens is 1170 g/mol. The normalized spacial score (nSPS) is 12.7. The highest BCUT2D eigenvalue weighted by molar-refractivity contribution is 6.29. The Kier molecular flexibility index (Phi) is 11.9. The van der Waals surface area contributed by atoms with Crippen LogP contribution in [0.1, 0.15) is 101 Å². The number of fused-ring (bicyclic) bond motifs is 19. The Bertz CT molecular complexity index is 6530. The van der Waals surface area contributed by atoms with E-state index in [4.69, 9.17) is 4.42 Å². The average molecular weight is 1240 g/mol.